The molecule has 0 aromatic rings. The number of carbonyl (C=O) groups is 1. The van der Waals surface area contributed by atoms with E-state index in [1.54, 1.807) is 0 Å². The van der Waals surface area contributed by atoms with Crippen LogP contribution in [0, 0.1) is 0 Å². The maximum atomic E-state index is 11.2. The summed E-state index contributed by atoms with van der Waals surface area (Å²) in [6, 6.07) is -0.947. The minimum atomic E-state index is -1.34. The number of hydrogen-bond acceptors (Lipinski definition) is 8. The lowest BCUT2D eigenvalue weighted by Crippen LogP contribution is -2.65. The lowest BCUT2D eigenvalue weighted by atomic mass is 9.94. The van der Waals surface area contributed by atoms with Crippen LogP contribution in [-0.2, 0) is 19.0 Å². The number of hydrogen-bond donors (Lipinski definition) is 5. The lowest BCUT2D eigenvalue weighted by molar-refractivity contribution is -0.281. The quantitative estimate of drug-likeness (QED) is 0.304. The van der Waals surface area contributed by atoms with E-state index in [1.165, 1.54) is 13.8 Å². The standard InChI is InChI=1S/C13H26N2O7/c1-7(16)12-11(19)10(18)9(15-8(2)17)13(22-12)21-6-5-20-4-3-14/h7,9-13,16,18-19H,3-6,14H2,1-2H3,(H,15,17)/t7-,9+,10+,11+,12?,13+/m0/s1. The molecule has 1 amide bonds. The Hall–Kier alpha value is -0.810. The highest BCUT2D eigenvalue weighted by Crippen LogP contribution is 2.24. The fraction of sp³-hybridized carbons (Fsp3) is 0.923. The molecule has 1 unspecified atom stereocenters. The molecular formula is C13H26N2O7. The summed E-state index contributed by atoms with van der Waals surface area (Å²) in [5, 5.41) is 32.2. The second-order valence-electron chi connectivity index (χ2n) is 5.19. The first-order valence-corrected chi connectivity index (χ1v) is 7.24. The topological polar surface area (TPSA) is 144 Å². The number of amides is 1. The summed E-state index contributed by atoms with van der Waals surface area (Å²) in [5.41, 5.74) is 5.29. The number of ether oxygens (including phenoxy) is 3. The summed E-state index contributed by atoms with van der Waals surface area (Å²) in [7, 11) is 0. The van der Waals surface area contributed by atoms with E-state index >= 15 is 0 Å². The fourth-order valence-corrected chi connectivity index (χ4v) is 2.23. The molecule has 0 bridgehead atoms. The van der Waals surface area contributed by atoms with Crippen molar-refractivity contribution in [2.75, 3.05) is 26.4 Å². The average molecular weight is 322 g/mol. The second kappa shape index (κ2) is 9.36. The predicted octanol–water partition coefficient (Wildman–Crippen LogP) is -2.69. The van der Waals surface area contributed by atoms with Crippen LogP contribution in [-0.4, -0.2) is 84.3 Å². The highest BCUT2D eigenvalue weighted by atomic mass is 16.7. The van der Waals surface area contributed by atoms with Crippen molar-refractivity contribution in [1.29, 1.82) is 0 Å². The number of nitrogens with two attached hydrogens (primary N) is 1. The van der Waals surface area contributed by atoms with Crippen molar-refractivity contribution in [2.45, 2.75) is 50.6 Å². The third-order valence-electron chi connectivity index (χ3n) is 3.26. The van der Waals surface area contributed by atoms with Crippen LogP contribution in [0.1, 0.15) is 13.8 Å². The van der Waals surface area contributed by atoms with Crippen LogP contribution in [0.5, 0.6) is 0 Å². The van der Waals surface area contributed by atoms with Gasteiger partial charge in [-0.1, -0.05) is 0 Å². The van der Waals surface area contributed by atoms with Gasteiger partial charge in [-0.05, 0) is 6.92 Å². The fourth-order valence-electron chi connectivity index (χ4n) is 2.23. The van der Waals surface area contributed by atoms with Gasteiger partial charge in [0.05, 0.1) is 25.9 Å². The Balaban J connectivity index is 2.66. The first-order chi connectivity index (χ1) is 10.4. The number of rotatable bonds is 8. The van der Waals surface area contributed by atoms with Crippen LogP contribution in [0.2, 0.25) is 0 Å². The summed E-state index contributed by atoms with van der Waals surface area (Å²) in [6.07, 6.45) is -5.71. The Labute approximate surface area is 129 Å². The number of nitrogens with one attached hydrogen (secondary N) is 1. The SMILES string of the molecule is CC(=O)N[C@H]1[C@H](OCCOCCN)OC([C@H](C)O)[C@H](O)[C@@H]1O. The van der Waals surface area contributed by atoms with Gasteiger partial charge in [0.1, 0.15) is 24.4 Å². The van der Waals surface area contributed by atoms with E-state index in [9.17, 15) is 20.1 Å². The molecular weight excluding hydrogens is 296 g/mol. The zero-order valence-electron chi connectivity index (χ0n) is 12.8. The summed E-state index contributed by atoms with van der Waals surface area (Å²) in [5.74, 6) is -0.400. The Morgan fingerprint density at radius 1 is 1.32 bits per heavy atom. The minimum Gasteiger partial charge on any atom is -0.391 e. The first-order valence-electron chi connectivity index (χ1n) is 7.24. The highest BCUT2D eigenvalue weighted by molar-refractivity contribution is 5.73. The summed E-state index contributed by atoms with van der Waals surface area (Å²) in [4.78, 5) is 11.2. The minimum absolute atomic E-state index is 0.149. The summed E-state index contributed by atoms with van der Waals surface area (Å²) in [6.45, 7) is 3.91. The van der Waals surface area contributed by atoms with Crippen LogP contribution in [0.4, 0.5) is 0 Å². The third kappa shape index (κ3) is 5.43. The van der Waals surface area contributed by atoms with Gasteiger partial charge >= 0.3 is 0 Å². The molecule has 6 N–H and O–H groups in total. The first kappa shape index (κ1) is 19.2. The molecule has 6 atom stereocenters. The van der Waals surface area contributed by atoms with Gasteiger partial charge in [-0.25, -0.2) is 0 Å². The van der Waals surface area contributed by atoms with Gasteiger partial charge in [-0.15, -0.1) is 0 Å². The molecule has 0 radical (unpaired) electrons. The van der Waals surface area contributed by atoms with Crippen LogP contribution < -0.4 is 11.1 Å². The summed E-state index contributed by atoms with van der Waals surface area (Å²) < 4.78 is 16.1. The molecule has 1 saturated heterocycles. The lowest BCUT2D eigenvalue weighted by Gasteiger charge is -2.43. The van der Waals surface area contributed by atoms with Crippen molar-refractivity contribution in [1.82, 2.24) is 5.32 Å². The van der Waals surface area contributed by atoms with Crippen molar-refractivity contribution in [3.05, 3.63) is 0 Å². The van der Waals surface area contributed by atoms with E-state index in [2.05, 4.69) is 5.32 Å². The van der Waals surface area contributed by atoms with E-state index in [-0.39, 0.29) is 13.2 Å². The zero-order valence-corrected chi connectivity index (χ0v) is 12.8. The van der Waals surface area contributed by atoms with Crippen LogP contribution in [0.15, 0.2) is 0 Å². The molecule has 0 aromatic heterocycles. The van der Waals surface area contributed by atoms with Gasteiger partial charge in [0.2, 0.25) is 5.91 Å². The van der Waals surface area contributed by atoms with Crippen LogP contribution in [0.3, 0.4) is 0 Å². The molecule has 1 fully saturated rings. The van der Waals surface area contributed by atoms with Gasteiger partial charge in [0.15, 0.2) is 6.29 Å². The predicted molar refractivity (Wildman–Crippen MR) is 75.8 cm³/mol. The molecule has 0 aliphatic carbocycles. The van der Waals surface area contributed by atoms with Crippen molar-refractivity contribution in [2.24, 2.45) is 5.73 Å². The molecule has 0 aromatic carbocycles. The maximum Gasteiger partial charge on any atom is 0.217 e. The maximum absolute atomic E-state index is 11.2. The molecule has 9 heteroatoms. The monoisotopic (exact) mass is 322 g/mol. The molecule has 9 nitrogen and oxygen atoms in total. The number of carbonyl (C=O) groups excluding carboxylic acids is 1. The van der Waals surface area contributed by atoms with Gasteiger partial charge in [0.25, 0.3) is 0 Å². The number of aliphatic hydroxyl groups excluding tert-OH is 3. The van der Waals surface area contributed by atoms with E-state index in [0.717, 1.165) is 0 Å². The zero-order chi connectivity index (χ0) is 16.7. The largest absolute Gasteiger partial charge is 0.391 e. The normalized spacial score (nSPS) is 33.5. The Morgan fingerprint density at radius 3 is 2.55 bits per heavy atom. The van der Waals surface area contributed by atoms with E-state index in [0.29, 0.717) is 13.2 Å². The van der Waals surface area contributed by atoms with Crippen LogP contribution in [0.25, 0.3) is 0 Å². The Bertz CT molecular complexity index is 342. The molecule has 22 heavy (non-hydrogen) atoms. The average Bonchev–Trinajstić information content (AvgIpc) is 2.45. The Kier molecular flexibility index (Phi) is 8.18. The van der Waals surface area contributed by atoms with Crippen molar-refractivity contribution < 1.29 is 34.3 Å². The van der Waals surface area contributed by atoms with E-state index in [4.69, 9.17) is 19.9 Å². The van der Waals surface area contributed by atoms with Gasteiger partial charge in [-0.2, -0.15) is 0 Å². The molecule has 130 valence electrons. The number of aliphatic hydroxyl groups is 3. The molecule has 0 spiro atoms. The van der Waals surface area contributed by atoms with Gasteiger partial charge in [0, 0.05) is 13.5 Å². The second-order valence-corrected chi connectivity index (χ2v) is 5.19. The van der Waals surface area contributed by atoms with Gasteiger partial charge in [-0.3, -0.25) is 4.79 Å². The molecule has 0 saturated carbocycles. The molecule has 1 heterocycles. The molecule has 1 rings (SSSR count). The van der Waals surface area contributed by atoms with E-state index < -0.39 is 42.7 Å². The molecule has 1 aliphatic rings. The van der Waals surface area contributed by atoms with Crippen molar-refractivity contribution in [3.63, 3.8) is 0 Å². The highest BCUT2D eigenvalue weighted by Gasteiger charge is 2.47. The molecule has 1 aliphatic heterocycles. The summed E-state index contributed by atoms with van der Waals surface area (Å²) >= 11 is 0. The van der Waals surface area contributed by atoms with E-state index in [1.807, 2.05) is 0 Å². The van der Waals surface area contributed by atoms with Crippen molar-refractivity contribution in [3.8, 4) is 0 Å². The van der Waals surface area contributed by atoms with Crippen LogP contribution >= 0.6 is 0 Å². The van der Waals surface area contributed by atoms with Gasteiger partial charge < -0.3 is 40.6 Å². The van der Waals surface area contributed by atoms with Crippen molar-refractivity contribution >= 4 is 5.91 Å². The third-order valence-corrected chi connectivity index (χ3v) is 3.26. The smallest absolute Gasteiger partial charge is 0.217 e. The Morgan fingerprint density at radius 2 is 2.00 bits per heavy atom.